The summed E-state index contributed by atoms with van der Waals surface area (Å²) in [5.41, 5.74) is 1.32. The molecule has 2 saturated carbocycles. The van der Waals surface area contributed by atoms with Crippen LogP contribution in [0.5, 0.6) is 5.75 Å². The van der Waals surface area contributed by atoms with Crippen LogP contribution in [0.3, 0.4) is 0 Å². The minimum atomic E-state index is 0.509. The van der Waals surface area contributed by atoms with Gasteiger partial charge in [0.1, 0.15) is 12.4 Å². The van der Waals surface area contributed by atoms with Crippen LogP contribution in [-0.4, -0.2) is 50.1 Å². The summed E-state index contributed by atoms with van der Waals surface area (Å²) in [7, 11) is 0. The van der Waals surface area contributed by atoms with Crippen molar-refractivity contribution in [2.24, 2.45) is 11.8 Å². The van der Waals surface area contributed by atoms with Crippen molar-refractivity contribution in [3.05, 3.63) is 24.0 Å². The molecule has 0 amide bonds. The Kier molecular flexibility index (Phi) is 7.80. The van der Waals surface area contributed by atoms with E-state index < -0.39 is 0 Å². The van der Waals surface area contributed by atoms with Gasteiger partial charge in [-0.15, -0.1) is 0 Å². The molecule has 1 aromatic rings. The largest absolute Gasteiger partial charge is 0.490 e. The molecule has 4 rings (SSSR count). The molecule has 5 nitrogen and oxygen atoms in total. The van der Waals surface area contributed by atoms with Crippen molar-refractivity contribution in [3.8, 4) is 5.75 Å². The van der Waals surface area contributed by atoms with Gasteiger partial charge in [-0.05, 0) is 68.0 Å². The first-order valence-corrected chi connectivity index (χ1v) is 11.8. The molecule has 5 heteroatoms. The minimum absolute atomic E-state index is 0.509. The van der Waals surface area contributed by atoms with Gasteiger partial charge in [-0.1, -0.05) is 26.2 Å². The number of hydrogen-bond acceptors (Lipinski definition) is 5. The van der Waals surface area contributed by atoms with E-state index in [-0.39, 0.29) is 0 Å². The molecule has 29 heavy (non-hydrogen) atoms. The van der Waals surface area contributed by atoms with Crippen LogP contribution in [0.1, 0.15) is 69.8 Å². The van der Waals surface area contributed by atoms with Crippen molar-refractivity contribution in [1.82, 2.24) is 10.3 Å². The first-order chi connectivity index (χ1) is 14.3. The lowest BCUT2D eigenvalue weighted by Gasteiger charge is -2.27. The molecule has 1 N–H and O–H groups in total. The molecule has 0 unspecified atom stereocenters. The van der Waals surface area contributed by atoms with Gasteiger partial charge in [0.2, 0.25) is 0 Å². The monoisotopic (exact) mass is 402 g/mol. The van der Waals surface area contributed by atoms with E-state index in [1.165, 1.54) is 44.1 Å². The Morgan fingerprint density at radius 3 is 2.72 bits per heavy atom. The lowest BCUT2D eigenvalue weighted by molar-refractivity contribution is 0.0134. The third-order valence-corrected chi connectivity index (χ3v) is 6.99. The lowest BCUT2D eigenvalue weighted by atomic mass is 9.98. The summed E-state index contributed by atoms with van der Waals surface area (Å²) in [5.74, 6) is 2.92. The molecule has 0 bridgehead atoms. The van der Waals surface area contributed by atoms with Gasteiger partial charge >= 0.3 is 0 Å². The predicted octanol–water partition coefficient (Wildman–Crippen LogP) is 4.32. The van der Waals surface area contributed by atoms with Crippen LogP contribution in [0.25, 0.3) is 0 Å². The van der Waals surface area contributed by atoms with Gasteiger partial charge in [0, 0.05) is 32.1 Å². The maximum absolute atomic E-state index is 5.97. The molecule has 2 heterocycles. The molecule has 3 fully saturated rings. The molecule has 0 radical (unpaired) electrons. The number of hydrogen-bond donors (Lipinski definition) is 1. The minimum Gasteiger partial charge on any atom is -0.490 e. The van der Waals surface area contributed by atoms with E-state index in [1.54, 1.807) is 0 Å². The molecule has 0 spiro atoms. The summed E-state index contributed by atoms with van der Waals surface area (Å²) in [6.45, 7) is 6.72. The van der Waals surface area contributed by atoms with Gasteiger partial charge in [-0.2, -0.15) is 0 Å². The van der Waals surface area contributed by atoms with Crippen molar-refractivity contribution in [2.75, 3.05) is 33.0 Å². The predicted molar refractivity (Wildman–Crippen MR) is 114 cm³/mol. The maximum Gasteiger partial charge on any atom is 0.137 e. The summed E-state index contributed by atoms with van der Waals surface area (Å²) in [6, 6.07) is 2.70. The Hall–Kier alpha value is -1.17. The van der Waals surface area contributed by atoms with Crippen LogP contribution >= 0.6 is 0 Å². The number of nitrogens with one attached hydrogen (secondary N) is 1. The molecule has 3 aliphatic rings. The zero-order chi connectivity index (χ0) is 19.9. The third-order valence-electron chi connectivity index (χ3n) is 6.99. The summed E-state index contributed by atoms with van der Waals surface area (Å²) < 4.78 is 17.8. The van der Waals surface area contributed by atoms with E-state index in [0.29, 0.717) is 29.9 Å². The Morgan fingerprint density at radius 1 is 1.07 bits per heavy atom. The standard InChI is InChI=1S/C24H38N2O3/c1-18-23(9-13-27-11-5-12-28-21-6-3-2-4-7-21)24(18)19-14-22(16-25-15-19)29-17-20-8-10-26-20/h14-16,18,20-21,23-24,26H,2-13,17H2,1H3/t18-,20-,23-,24+/m0/s1. The Morgan fingerprint density at radius 2 is 1.93 bits per heavy atom. The number of aromatic nitrogens is 1. The fourth-order valence-corrected chi connectivity index (χ4v) is 4.89. The maximum atomic E-state index is 5.97. The van der Waals surface area contributed by atoms with Crippen LogP contribution in [0, 0.1) is 11.8 Å². The second kappa shape index (κ2) is 10.7. The summed E-state index contributed by atoms with van der Waals surface area (Å²) in [4.78, 5) is 4.41. The average Bonchev–Trinajstić information content (AvgIpc) is 3.36. The summed E-state index contributed by atoms with van der Waals surface area (Å²) >= 11 is 0. The molecule has 0 aromatic carbocycles. The van der Waals surface area contributed by atoms with Crippen molar-refractivity contribution < 1.29 is 14.2 Å². The van der Waals surface area contributed by atoms with Crippen molar-refractivity contribution >= 4 is 0 Å². The Labute approximate surface area is 175 Å². The smallest absolute Gasteiger partial charge is 0.137 e. The summed E-state index contributed by atoms with van der Waals surface area (Å²) in [6.07, 6.45) is 14.3. The average molecular weight is 403 g/mol. The molecule has 1 aromatic heterocycles. The van der Waals surface area contributed by atoms with E-state index in [9.17, 15) is 0 Å². The van der Waals surface area contributed by atoms with Crippen molar-refractivity contribution in [1.29, 1.82) is 0 Å². The van der Waals surface area contributed by atoms with E-state index in [1.807, 2.05) is 12.4 Å². The van der Waals surface area contributed by atoms with E-state index >= 15 is 0 Å². The van der Waals surface area contributed by atoms with Gasteiger partial charge in [0.25, 0.3) is 0 Å². The molecule has 1 saturated heterocycles. The highest BCUT2D eigenvalue weighted by molar-refractivity contribution is 5.31. The van der Waals surface area contributed by atoms with Gasteiger partial charge in [0.15, 0.2) is 0 Å². The molecule has 162 valence electrons. The van der Waals surface area contributed by atoms with Crippen LogP contribution in [0.2, 0.25) is 0 Å². The van der Waals surface area contributed by atoms with Gasteiger partial charge in [0.05, 0.1) is 12.3 Å². The first kappa shape index (κ1) is 21.1. The van der Waals surface area contributed by atoms with Crippen LogP contribution in [0.4, 0.5) is 0 Å². The molecule has 2 aliphatic carbocycles. The number of nitrogens with zero attached hydrogens (tertiary/aromatic N) is 1. The molecular formula is C24H38N2O3. The van der Waals surface area contributed by atoms with E-state index in [0.717, 1.165) is 51.6 Å². The third kappa shape index (κ3) is 6.16. The van der Waals surface area contributed by atoms with Gasteiger partial charge < -0.3 is 19.5 Å². The second-order valence-corrected chi connectivity index (χ2v) is 9.14. The van der Waals surface area contributed by atoms with Crippen molar-refractivity contribution in [3.63, 3.8) is 0 Å². The molecule has 4 atom stereocenters. The zero-order valence-corrected chi connectivity index (χ0v) is 18.0. The molecular weight excluding hydrogens is 364 g/mol. The quantitative estimate of drug-likeness (QED) is 0.528. The second-order valence-electron chi connectivity index (χ2n) is 9.14. The highest BCUT2D eigenvalue weighted by atomic mass is 16.5. The van der Waals surface area contributed by atoms with Gasteiger partial charge in [-0.3, -0.25) is 4.98 Å². The Balaban J connectivity index is 1.09. The number of rotatable bonds is 12. The molecule has 1 aliphatic heterocycles. The van der Waals surface area contributed by atoms with Crippen LogP contribution < -0.4 is 10.1 Å². The Bertz CT molecular complexity index is 616. The normalized spacial score (nSPS) is 29.4. The topological polar surface area (TPSA) is 52.6 Å². The number of ether oxygens (including phenoxy) is 3. The summed E-state index contributed by atoms with van der Waals surface area (Å²) in [5, 5.41) is 3.37. The fraction of sp³-hybridized carbons (Fsp3) is 0.792. The van der Waals surface area contributed by atoms with Crippen molar-refractivity contribution in [2.45, 2.75) is 76.4 Å². The van der Waals surface area contributed by atoms with Crippen LogP contribution in [0.15, 0.2) is 18.5 Å². The van der Waals surface area contributed by atoms with Crippen LogP contribution in [-0.2, 0) is 9.47 Å². The van der Waals surface area contributed by atoms with E-state index in [2.05, 4.69) is 23.3 Å². The fourth-order valence-electron chi connectivity index (χ4n) is 4.89. The first-order valence-electron chi connectivity index (χ1n) is 11.8. The van der Waals surface area contributed by atoms with Gasteiger partial charge in [-0.25, -0.2) is 0 Å². The highest BCUT2D eigenvalue weighted by Gasteiger charge is 2.47. The highest BCUT2D eigenvalue weighted by Crippen LogP contribution is 2.55. The SMILES string of the molecule is C[C@H]1[C@H](CCOCCCOC2CCCCC2)[C@H]1c1cncc(OC[C@@H]2CCN2)c1. The zero-order valence-electron chi connectivity index (χ0n) is 18.0. The number of pyridine rings is 1. The lowest BCUT2D eigenvalue weighted by Crippen LogP contribution is -2.46. The van der Waals surface area contributed by atoms with E-state index in [4.69, 9.17) is 14.2 Å².